The van der Waals surface area contributed by atoms with Gasteiger partial charge >= 0.3 is 0 Å². The van der Waals surface area contributed by atoms with E-state index in [-0.39, 0.29) is 12.5 Å². The number of hydrogen-bond donors (Lipinski definition) is 2. The molecule has 2 aliphatic heterocycles. The Morgan fingerprint density at radius 1 is 1.07 bits per heavy atom. The molecule has 162 valence electrons. The molecule has 2 N–H and O–H groups in total. The zero-order valence-corrected chi connectivity index (χ0v) is 18.7. The van der Waals surface area contributed by atoms with Gasteiger partial charge in [0.05, 0.1) is 0 Å². The molecular formula is C21H42N6O. The van der Waals surface area contributed by atoms with Gasteiger partial charge in [0.2, 0.25) is 5.91 Å². The van der Waals surface area contributed by atoms with Gasteiger partial charge in [-0.2, -0.15) is 0 Å². The van der Waals surface area contributed by atoms with Crippen molar-refractivity contribution in [3.63, 3.8) is 0 Å². The highest BCUT2D eigenvalue weighted by Crippen LogP contribution is 2.18. The maximum absolute atomic E-state index is 12.0. The van der Waals surface area contributed by atoms with Gasteiger partial charge in [-0.25, -0.2) is 4.99 Å². The molecule has 2 saturated heterocycles. The summed E-state index contributed by atoms with van der Waals surface area (Å²) in [5.41, 5.74) is 0. The Kier molecular flexibility index (Phi) is 9.51. The van der Waals surface area contributed by atoms with Crippen LogP contribution in [0.5, 0.6) is 0 Å². The van der Waals surface area contributed by atoms with Gasteiger partial charge in [0, 0.05) is 45.8 Å². The highest BCUT2D eigenvalue weighted by atomic mass is 16.2. The maximum atomic E-state index is 12.0. The molecule has 0 spiro atoms. The van der Waals surface area contributed by atoms with E-state index in [0.717, 1.165) is 32.1 Å². The summed E-state index contributed by atoms with van der Waals surface area (Å²) in [5, 5.41) is 7.03. The van der Waals surface area contributed by atoms with E-state index in [4.69, 9.17) is 0 Å². The first-order valence-electron chi connectivity index (χ1n) is 11.1. The molecule has 2 atom stereocenters. The molecule has 0 aromatic carbocycles. The molecule has 28 heavy (non-hydrogen) atoms. The molecule has 1 unspecified atom stereocenters. The number of nitrogens with one attached hydrogen (secondary N) is 2. The van der Waals surface area contributed by atoms with Crippen molar-refractivity contribution in [3.05, 3.63) is 0 Å². The molecule has 7 heteroatoms. The lowest BCUT2D eigenvalue weighted by Crippen LogP contribution is -2.48. The zero-order chi connectivity index (χ0) is 20.5. The van der Waals surface area contributed by atoms with Crippen LogP contribution in [0, 0.1) is 5.92 Å². The molecule has 0 aliphatic carbocycles. The van der Waals surface area contributed by atoms with Crippen LogP contribution in [0.3, 0.4) is 0 Å². The minimum atomic E-state index is 0.0273. The second-order valence-electron chi connectivity index (χ2n) is 8.82. The zero-order valence-electron chi connectivity index (χ0n) is 18.7. The van der Waals surface area contributed by atoms with Crippen molar-refractivity contribution >= 4 is 11.9 Å². The van der Waals surface area contributed by atoms with Crippen molar-refractivity contribution in [1.82, 2.24) is 25.3 Å². The number of likely N-dealkylation sites (tertiary alicyclic amines) is 2. The van der Waals surface area contributed by atoms with Crippen molar-refractivity contribution in [2.24, 2.45) is 10.9 Å². The largest absolute Gasteiger partial charge is 0.355 e. The Morgan fingerprint density at radius 3 is 2.18 bits per heavy atom. The molecule has 0 radical (unpaired) electrons. The summed E-state index contributed by atoms with van der Waals surface area (Å²) in [4.78, 5) is 23.3. The average molecular weight is 395 g/mol. The minimum Gasteiger partial charge on any atom is -0.355 e. The SMILES string of the molecule is CCN1CCCC1CNC(=NCC(=O)N(C)C)NC[C@H]1CCCN1CC(C)C. The first-order valence-corrected chi connectivity index (χ1v) is 11.1. The Morgan fingerprint density at radius 2 is 1.64 bits per heavy atom. The monoisotopic (exact) mass is 394 g/mol. The van der Waals surface area contributed by atoms with Crippen molar-refractivity contribution < 1.29 is 4.79 Å². The molecule has 0 aromatic rings. The highest BCUT2D eigenvalue weighted by Gasteiger charge is 2.26. The molecular weight excluding hydrogens is 352 g/mol. The maximum Gasteiger partial charge on any atom is 0.243 e. The summed E-state index contributed by atoms with van der Waals surface area (Å²) >= 11 is 0. The van der Waals surface area contributed by atoms with E-state index in [0.29, 0.717) is 18.0 Å². The molecule has 2 rings (SSSR count). The van der Waals surface area contributed by atoms with E-state index >= 15 is 0 Å². The van der Waals surface area contributed by atoms with Gasteiger partial charge in [0.15, 0.2) is 5.96 Å². The summed E-state index contributed by atoms with van der Waals surface area (Å²) in [6.07, 6.45) is 5.00. The van der Waals surface area contributed by atoms with Gasteiger partial charge in [-0.15, -0.1) is 0 Å². The summed E-state index contributed by atoms with van der Waals surface area (Å²) in [5.74, 6) is 1.49. The lowest BCUT2D eigenvalue weighted by atomic mass is 10.1. The average Bonchev–Trinajstić information content (AvgIpc) is 3.29. The number of likely N-dealkylation sites (N-methyl/N-ethyl adjacent to an activating group) is 2. The predicted octanol–water partition coefficient (Wildman–Crippen LogP) is 1.21. The lowest BCUT2D eigenvalue weighted by molar-refractivity contribution is -0.127. The topological polar surface area (TPSA) is 63.2 Å². The number of carbonyl (C=O) groups is 1. The standard InChI is InChI=1S/C21H42N6O/c1-6-26-11-7-9-18(26)13-22-21(24-15-20(28)25(4)5)23-14-19-10-8-12-27(19)16-17(2)3/h17-19H,6-16H2,1-5H3,(H2,22,23,24)/t18?,19-/m1/s1. The van der Waals surface area contributed by atoms with Crippen LogP contribution in [0.25, 0.3) is 0 Å². The van der Waals surface area contributed by atoms with Gasteiger partial charge < -0.3 is 15.5 Å². The Hall–Kier alpha value is -1.34. The van der Waals surface area contributed by atoms with Crippen LogP contribution >= 0.6 is 0 Å². The third-order valence-electron chi connectivity index (χ3n) is 5.89. The first-order chi connectivity index (χ1) is 13.4. The fraction of sp³-hybridized carbons (Fsp3) is 0.905. The van der Waals surface area contributed by atoms with E-state index in [1.54, 1.807) is 19.0 Å². The summed E-state index contributed by atoms with van der Waals surface area (Å²) in [7, 11) is 3.55. The van der Waals surface area contributed by atoms with Crippen molar-refractivity contribution in [1.29, 1.82) is 0 Å². The van der Waals surface area contributed by atoms with Crippen LogP contribution in [0.2, 0.25) is 0 Å². The fourth-order valence-electron chi connectivity index (χ4n) is 4.27. The molecule has 1 amide bonds. The van der Waals surface area contributed by atoms with Crippen LogP contribution < -0.4 is 10.6 Å². The van der Waals surface area contributed by atoms with Crippen LogP contribution in [0.1, 0.15) is 46.5 Å². The number of rotatable bonds is 9. The number of hydrogen-bond acceptors (Lipinski definition) is 4. The van der Waals surface area contributed by atoms with Gasteiger partial charge in [-0.05, 0) is 51.2 Å². The van der Waals surface area contributed by atoms with E-state index in [2.05, 4.69) is 46.2 Å². The van der Waals surface area contributed by atoms with Gasteiger partial charge in [-0.3, -0.25) is 14.6 Å². The Labute approximate surface area is 171 Å². The normalized spacial score (nSPS) is 24.1. The molecule has 0 saturated carbocycles. The van der Waals surface area contributed by atoms with E-state index < -0.39 is 0 Å². The minimum absolute atomic E-state index is 0.0273. The molecule has 2 aliphatic rings. The highest BCUT2D eigenvalue weighted by molar-refractivity contribution is 5.84. The number of carbonyl (C=O) groups excluding carboxylic acids is 1. The van der Waals surface area contributed by atoms with Crippen molar-refractivity contribution in [3.8, 4) is 0 Å². The molecule has 7 nitrogen and oxygen atoms in total. The predicted molar refractivity (Wildman–Crippen MR) is 117 cm³/mol. The number of amides is 1. The summed E-state index contributed by atoms with van der Waals surface area (Å²) < 4.78 is 0. The Bertz CT molecular complexity index is 507. The number of aliphatic imine (C=N–C) groups is 1. The van der Waals surface area contributed by atoms with Crippen LogP contribution in [-0.4, -0.2) is 98.6 Å². The van der Waals surface area contributed by atoms with Gasteiger partial charge in [-0.1, -0.05) is 20.8 Å². The number of nitrogens with zero attached hydrogens (tertiary/aromatic N) is 4. The van der Waals surface area contributed by atoms with E-state index in [1.165, 1.54) is 38.8 Å². The molecule has 2 fully saturated rings. The molecule has 0 aromatic heterocycles. The smallest absolute Gasteiger partial charge is 0.243 e. The van der Waals surface area contributed by atoms with E-state index in [1.807, 2.05) is 0 Å². The second kappa shape index (κ2) is 11.6. The Balaban J connectivity index is 1.91. The lowest BCUT2D eigenvalue weighted by Gasteiger charge is -2.28. The van der Waals surface area contributed by atoms with Crippen molar-refractivity contribution in [2.75, 3.05) is 59.9 Å². The van der Waals surface area contributed by atoms with Crippen LogP contribution in [0.4, 0.5) is 0 Å². The molecule has 2 heterocycles. The first kappa shape index (κ1) is 22.9. The van der Waals surface area contributed by atoms with E-state index in [9.17, 15) is 4.79 Å². The third kappa shape index (κ3) is 7.24. The van der Waals surface area contributed by atoms with Gasteiger partial charge in [0.1, 0.15) is 6.54 Å². The van der Waals surface area contributed by atoms with Crippen LogP contribution in [-0.2, 0) is 4.79 Å². The summed E-state index contributed by atoms with van der Waals surface area (Å²) in [6.45, 7) is 13.4. The van der Waals surface area contributed by atoms with Gasteiger partial charge in [0.25, 0.3) is 0 Å². The summed E-state index contributed by atoms with van der Waals surface area (Å²) in [6, 6.07) is 1.11. The van der Waals surface area contributed by atoms with Crippen LogP contribution in [0.15, 0.2) is 4.99 Å². The van der Waals surface area contributed by atoms with Crippen molar-refractivity contribution in [2.45, 2.75) is 58.5 Å². The fourth-order valence-corrected chi connectivity index (χ4v) is 4.27. The third-order valence-corrected chi connectivity index (χ3v) is 5.89. The quantitative estimate of drug-likeness (QED) is 0.455. The molecule has 0 bridgehead atoms. The second-order valence-corrected chi connectivity index (χ2v) is 8.82. The number of guanidine groups is 1.